The van der Waals surface area contributed by atoms with E-state index in [0.29, 0.717) is 0 Å². The molecule has 11 nitrogen and oxygen atoms in total. The number of hydrogen-bond acceptors (Lipinski definition) is 9. The van der Waals surface area contributed by atoms with E-state index in [1.165, 1.54) is 11.8 Å². The molecule has 0 fully saturated rings. The molecule has 0 spiro atoms. The lowest BCUT2D eigenvalue weighted by Gasteiger charge is -2.23. The molecule has 0 aromatic heterocycles. The number of ether oxygens (including phenoxy) is 1. The summed E-state index contributed by atoms with van der Waals surface area (Å²) in [6, 6.07) is 2.06. The van der Waals surface area contributed by atoms with Gasteiger partial charge in [0.15, 0.2) is 0 Å². The first-order chi connectivity index (χ1) is 11.4. The molecule has 11 heteroatoms. The van der Waals surface area contributed by atoms with E-state index in [9.17, 15) is 25.0 Å². The highest BCUT2D eigenvalue weighted by Crippen LogP contribution is 2.38. The second-order valence-corrected chi connectivity index (χ2v) is 4.50. The average Bonchev–Trinajstić information content (AvgIpc) is 2.53. The third-order valence-electron chi connectivity index (χ3n) is 3.07. The molecule has 0 heterocycles. The zero-order chi connectivity index (χ0) is 18.3. The fourth-order valence-corrected chi connectivity index (χ4v) is 2.16. The number of nitrogens with zero attached hydrogens (tertiary/aromatic N) is 3. The molecule has 0 aliphatic carbocycles. The Labute approximate surface area is 136 Å². The molecule has 0 aliphatic rings. The van der Waals surface area contributed by atoms with Crippen molar-refractivity contribution < 1.29 is 29.6 Å². The van der Waals surface area contributed by atoms with Crippen molar-refractivity contribution in [3.63, 3.8) is 0 Å². The SMILES string of the molecule is CCOC(=O)c1c([N+](=O)[O-])ccc(N(CCO)CCO)c1[N+](=O)[O-]. The van der Waals surface area contributed by atoms with E-state index in [-0.39, 0.29) is 38.6 Å². The van der Waals surface area contributed by atoms with E-state index in [0.717, 1.165) is 12.1 Å². The summed E-state index contributed by atoms with van der Waals surface area (Å²) >= 11 is 0. The topological polar surface area (TPSA) is 156 Å². The Kier molecular flexibility index (Phi) is 7.01. The Balaban J connectivity index is 3.67. The van der Waals surface area contributed by atoms with Crippen LogP contribution in [0, 0.1) is 20.2 Å². The van der Waals surface area contributed by atoms with E-state index in [1.54, 1.807) is 0 Å². The summed E-state index contributed by atoms with van der Waals surface area (Å²) in [6.07, 6.45) is 0. The third kappa shape index (κ3) is 4.14. The molecule has 0 bridgehead atoms. The zero-order valence-electron chi connectivity index (χ0n) is 12.9. The Morgan fingerprint density at radius 3 is 2.17 bits per heavy atom. The predicted octanol–water partition coefficient (Wildman–Crippen LogP) is 0.471. The van der Waals surface area contributed by atoms with Gasteiger partial charge in [-0.1, -0.05) is 0 Å². The van der Waals surface area contributed by atoms with Gasteiger partial charge in [-0.3, -0.25) is 20.2 Å². The van der Waals surface area contributed by atoms with Crippen molar-refractivity contribution in [1.82, 2.24) is 0 Å². The van der Waals surface area contributed by atoms with Crippen molar-refractivity contribution in [2.24, 2.45) is 0 Å². The number of nitro benzene ring substituents is 2. The van der Waals surface area contributed by atoms with Crippen molar-refractivity contribution in [2.75, 3.05) is 37.8 Å². The number of benzene rings is 1. The summed E-state index contributed by atoms with van der Waals surface area (Å²) in [4.78, 5) is 34.0. The molecule has 1 aromatic carbocycles. The minimum absolute atomic E-state index is 0.0680. The second-order valence-electron chi connectivity index (χ2n) is 4.50. The summed E-state index contributed by atoms with van der Waals surface area (Å²) in [5, 5.41) is 40.7. The van der Waals surface area contributed by atoms with Gasteiger partial charge < -0.3 is 19.8 Å². The van der Waals surface area contributed by atoms with Gasteiger partial charge in [0.25, 0.3) is 5.69 Å². The smallest absolute Gasteiger partial charge is 0.352 e. The molecule has 2 N–H and O–H groups in total. The lowest BCUT2D eigenvalue weighted by molar-refractivity contribution is -0.394. The highest BCUT2D eigenvalue weighted by Gasteiger charge is 2.36. The zero-order valence-corrected chi connectivity index (χ0v) is 12.9. The van der Waals surface area contributed by atoms with Crippen LogP contribution >= 0.6 is 0 Å². The molecular formula is C13H17N3O8. The maximum Gasteiger partial charge on any atom is 0.352 e. The number of carbonyl (C=O) groups is 1. The standard InChI is InChI=1S/C13H17N3O8/c1-2-24-13(19)11-9(15(20)21)3-4-10(12(11)16(22)23)14(5-7-17)6-8-18/h3-4,17-18H,2,5-8H2,1H3. The average molecular weight is 343 g/mol. The molecule has 0 saturated carbocycles. The molecule has 1 rings (SSSR count). The van der Waals surface area contributed by atoms with Gasteiger partial charge in [-0.2, -0.15) is 0 Å². The summed E-state index contributed by atoms with van der Waals surface area (Å²) in [7, 11) is 0. The number of aliphatic hydroxyl groups excluding tert-OH is 2. The van der Waals surface area contributed by atoms with Gasteiger partial charge in [0.2, 0.25) is 5.56 Å². The number of nitro groups is 2. The van der Waals surface area contributed by atoms with Gasteiger partial charge in [0.1, 0.15) is 5.69 Å². The maximum atomic E-state index is 12.0. The monoisotopic (exact) mass is 343 g/mol. The summed E-state index contributed by atoms with van der Waals surface area (Å²) in [5.74, 6) is -1.19. The number of aliphatic hydroxyl groups is 2. The fraction of sp³-hybridized carbons (Fsp3) is 0.462. The van der Waals surface area contributed by atoms with Crippen LogP contribution in [0.3, 0.4) is 0 Å². The molecule has 0 aliphatic heterocycles. The number of rotatable bonds is 9. The Bertz CT molecular complexity index is 628. The van der Waals surface area contributed by atoms with Gasteiger partial charge in [0, 0.05) is 19.2 Å². The van der Waals surface area contributed by atoms with Crippen molar-refractivity contribution in [2.45, 2.75) is 6.92 Å². The fourth-order valence-electron chi connectivity index (χ4n) is 2.16. The van der Waals surface area contributed by atoms with Crippen LogP contribution in [-0.2, 0) is 4.74 Å². The molecule has 0 unspecified atom stereocenters. The minimum Gasteiger partial charge on any atom is -0.462 e. The third-order valence-corrected chi connectivity index (χ3v) is 3.07. The highest BCUT2D eigenvalue weighted by atomic mass is 16.6. The lowest BCUT2D eigenvalue weighted by atomic mass is 10.1. The van der Waals surface area contributed by atoms with Crippen molar-refractivity contribution in [1.29, 1.82) is 0 Å². The molecule has 0 radical (unpaired) electrons. The number of hydrogen-bond donors (Lipinski definition) is 2. The summed E-state index contributed by atoms with van der Waals surface area (Å²) < 4.78 is 4.70. The predicted molar refractivity (Wildman–Crippen MR) is 82.1 cm³/mol. The summed E-state index contributed by atoms with van der Waals surface area (Å²) in [6.45, 7) is 0.465. The van der Waals surface area contributed by atoms with Crippen LogP contribution in [0.5, 0.6) is 0 Å². The first-order valence-electron chi connectivity index (χ1n) is 6.98. The van der Waals surface area contributed by atoms with Crippen LogP contribution in [0.25, 0.3) is 0 Å². The van der Waals surface area contributed by atoms with Crippen LogP contribution in [0.1, 0.15) is 17.3 Å². The molecule has 24 heavy (non-hydrogen) atoms. The van der Waals surface area contributed by atoms with Gasteiger partial charge in [-0.15, -0.1) is 0 Å². The van der Waals surface area contributed by atoms with Crippen LogP contribution in [0.2, 0.25) is 0 Å². The number of esters is 1. The Hall–Kier alpha value is -2.79. The quantitative estimate of drug-likeness (QED) is 0.369. The van der Waals surface area contributed by atoms with Crippen LogP contribution in [-0.4, -0.2) is 58.9 Å². The second kappa shape index (κ2) is 8.74. The van der Waals surface area contributed by atoms with Gasteiger partial charge in [0.05, 0.1) is 29.7 Å². The van der Waals surface area contributed by atoms with E-state index in [1.807, 2.05) is 0 Å². The van der Waals surface area contributed by atoms with Crippen LogP contribution in [0.4, 0.5) is 17.1 Å². The van der Waals surface area contributed by atoms with Crippen molar-refractivity contribution in [3.8, 4) is 0 Å². The van der Waals surface area contributed by atoms with Crippen molar-refractivity contribution >= 4 is 23.0 Å². The maximum absolute atomic E-state index is 12.0. The number of anilines is 1. The first-order valence-corrected chi connectivity index (χ1v) is 6.98. The van der Waals surface area contributed by atoms with Gasteiger partial charge in [-0.05, 0) is 13.0 Å². The molecule has 132 valence electrons. The lowest BCUT2D eigenvalue weighted by Crippen LogP contribution is -2.30. The molecule has 0 saturated heterocycles. The van der Waals surface area contributed by atoms with Crippen molar-refractivity contribution in [3.05, 3.63) is 37.9 Å². The van der Waals surface area contributed by atoms with E-state index < -0.39 is 32.8 Å². The van der Waals surface area contributed by atoms with Gasteiger partial charge in [-0.25, -0.2) is 4.79 Å². The largest absolute Gasteiger partial charge is 0.462 e. The normalized spacial score (nSPS) is 10.3. The molecule has 0 amide bonds. The Morgan fingerprint density at radius 1 is 1.17 bits per heavy atom. The van der Waals surface area contributed by atoms with E-state index in [2.05, 4.69) is 0 Å². The van der Waals surface area contributed by atoms with Crippen LogP contribution < -0.4 is 4.90 Å². The molecule has 1 aromatic rings. The minimum atomic E-state index is -1.19. The van der Waals surface area contributed by atoms with Gasteiger partial charge >= 0.3 is 11.7 Å². The first kappa shape index (κ1) is 19.3. The number of carbonyl (C=O) groups excluding carboxylic acids is 1. The highest BCUT2D eigenvalue weighted by molar-refractivity contribution is 6.01. The van der Waals surface area contributed by atoms with E-state index >= 15 is 0 Å². The molecular weight excluding hydrogens is 326 g/mol. The summed E-state index contributed by atoms with van der Waals surface area (Å²) in [5.41, 5.74) is -2.46. The van der Waals surface area contributed by atoms with E-state index in [4.69, 9.17) is 14.9 Å². The Morgan fingerprint density at radius 2 is 1.75 bits per heavy atom. The molecule has 0 atom stereocenters. The van der Waals surface area contributed by atoms with Crippen LogP contribution in [0.15, 0.2) is 12.1 Å².